The number of nitrogens with one attached hydrogen (secondary N) is 2. The van der Waals surface area contributed by atoms with Gasteiger partial charge in [0.1, 0.15) is 12.0 Å². The maximum Gasteiger partial charge on any atom is 0.169 e. The Labute approximate surface area is 186 Å². The van der Waals surface area contributed by atoms with Gasteiger partial charge in [-0.05, 0) is 42.8 Å². The molecule has 5 heterocycles. The Morgan fingerprint density at radius 1 is 0.875 bits per heavy atom. The Balaban J connectivity index is 1.49. The van der Waals surface area contributed by atoms with Crippen LogP contribution in [0.25, 0.3) is 54.8 Å². The Kier molecular flexibility index (Phi) is 4.19. The quantitative estimate of drug-likeness (QED) is 0.356. The van der Waals surface area contributed by atoms with Crippen LogP contribution >= 0.6 is 11.3 Å². The van der Waals surface area contributed by atoms with E-state index >= 15 is 0 Å². The van der Waals surface area contributed by atoms with Crippen LogP contribution in [-0.4, -0.2) is 35.9 Å². The molecule has 0 saturated heterocycles. The lowest BCUT2D eigenvalue weighted by Gasteiger charge is -2.01. The summed E-state index contributed by atoms with van der Waals surface area (Å²) in [6, 6.07) is 12.1. The van der Waals surface area contributed by atoms with E-state index in [4.69, 9.17) is 0 Å². The van der Waals surface area contributed by atoms with Crippen LogP contribution in [0.5, 0.6) is 0 Å². The van der Waals surface area contributed by atoms with Gasteiger partial charge in [-0.2, -0.15) is 5.10 Å². The molecule has 6 rings (SSSR count). The fraction of sp³-hybridized carbons (Fsp3) is 0.0417. The highest BCUT2D eigenvalue weighted by Gasteiger charge is 2.16. The zero-order valence-corrected chi connectivity index (χ0v) is 17.8. The summed E-state index contributed by atoms with van der Waals surface area (Å²) in [6.07, 6.45) is 8.76. The van der Waals surface area contributed by atoms with Gasteiger partial charge in [0, 0.05) is 45.4 Å². The van der Waals surface area contributed by atoms with E-state index in [1.807, 2.05) is 36.7 Å². The van der Waals surface area contributed by atoms with E-state index in [2.05, 4.69) is 42.3 Å². The molecule has 8 heteroatoms. The monoisotopic (exact) mass is 436 g/mol. The van der Waals surface area contributed by atoms with Crippen molar-refractivity contribution in [3.8, 4) is 33.0 Å². The summed E-state index contributed by atoms with van der Waals surface area (Å²) in [6.45, 7) is 1.58. The molecule has 0 saturated carbocycles. The lowest BCUT2D eigenvalue weighted by Crippen LogP contribution is -1.83. The van der Waals surface area contributed by atoms with Gasteiger partial charge in [0.15, 0.2) is 5.78 Å². The van der Waals surface area contributed by atoms with Crippen molar-refractivity contribution in [2.75, 3.05) is 0 Å². The van der Waals surface area contributed by atoms with Gasteiger partial charge in [0.2, 0.25) is 0 Å². The van der Waals surface area contributed by atoms with E-state index in [1.54, 1.807) is 19.3 Å². The van der Waals surface area contributed by atoms with Gasteiger partial charge in [-0.15, -0.1) is 11.3 Å². The van der Waals surface area contributed by atoms with Gasteiger partial charge < -0.3 is 4.98 Å². The molecule has 0 amide bonds. The molecule has 0 aliphatic carbocycles. The maximum absolute atomic E-state index is 11.7. The number of nitrogens with zero attached hydrogens (tertiary/aromatic N) is 4. The fourth-order valence-electron chi connectivity index (χ4n) is 3.89. The number of rotatable bonds is 4. The minimum atomic E-state index is 0.0683. The number of pyridine rings is 1. The van der Waals surface area contributed by atoms with Gasteiger partial charge >= 0.3 is 0 Å². The van der Waals surface area contributed by atoms with Crippen molar-refractivity contribution in [2.24, 2.45) is 0 Å². The summed E-state index contributed by atoms with van der Waals surface area (Å²) < 4.78 is 0. The number of ketones is 1. The van der Waals surface area contributed by atoms with Crippen molar-refractivity contribution in [1.29, 1.82) is 0 Å². The molecule has 0 aliphatic heterocycles. The number of H-pyrrole nitrogens is 2. The zero-order valence-electron chi connectivity index (χ0n) is 17.0. The molecule has 2 N–H and O–H groups in total. The van der Waals surface area contributed by atoms with Crippen LogP contribution in [0.2, 0.25) is 0 Å². The highest BCUT2D eigenvalue weighted by Crippen LogP contribution is 2.37. The van der Waals surface area contributed by atoms with Crippen molar-refractivity contribution < 1.29 is 4.79 Å². The van der Waals surface area contributed by atoms with Crippen LogP contribution in [0, 0.1) is 0 Å². The third-order valence-corrected chi connectivity index (χ3v) is 6.70. The second-order valence-electron chi connectivity index (χ2n) is 7.51. The lowest BCUT2D eigenvalue weighted by molar-refractivity contribution is 0.102. The standard InChI is InChI=1S/C24H16N6OS/c1-13(31)22-4-5-23(32-22)18-10-25-11-21-16(18)7-20(28-21)24-17-6-14(2-3-19(17)29-30-24)15-8-26-12-27-9-15/h2-12,28H,1H3,(H,29,30). The summed E-state index contributed by atoms with van der Waals surface area (Å²) in [7, 11) is 0. The van der Waals surface area contributed by atoms with Crippen molar-refractivity contribution in [3.05, 3.63) is 72.4 Å². The van der Waals surface area contributed by atoms with Gasteiger partial charge in [0.25, 0.3) is 0 Å². The largest absolute Gasteiger partial charge is 0.352 e. The number of benzene rings is 1. The first-order valence-electron chi connectivity index (χ1n) is 9.99. The van der Waals surface area contributed by atoms with E-state index in [9.17, 15) is 4.79 Å². The number of hydrogen-bond donors (Lipinski definition) is 2. The van der Waals surface area contributed by atoms with Crippen LogP contribution in [0.15, 0.2) is 67.5 Å². The third kappa shape index (κ3) is 3.00. The van der Waals surface area contributed by atoms with Crippen molar-refractivity contribution in [1.82, 2.24) is 30.1 Å². The van der Waals surface area contributed by atoms with Crippen molar-refractivity contribution in [3.63, 3.8) is 0 Å². The third-order valence-electron chi connectivity index (χ3n) is 5.48. The molecule has 0 spiro atoms. The summed E-state index contributed by atoms with van der Waals surface area (Å²) in [5.41, 5.74) is 6.55. The average molecular weight is 437 g/mol. The number of Topliss-reactive ketones (excluding diaryl/α,β-unsaturated/α-hetero) is 1. The van der Waals surface area contributed by atoms with Crippen molar-refractivity contribution in [2.45, 2.75) is 6.92 Å². The van der Waals surface area contributed by atoms with Crippen LogP contribution in [-0.2, 0) is 0 Å². The van der Waals surface area contributed by atoms with Gasteiger partial charge in [-0.25, -0.2) is 9.97 Å². The maximum atomic E-state index is 11.7. The summed E-state index contributed by atoms with van der Waals surface area (Å²) in [5.74, 6) is 0.0683. The second-order valence-corrected chi connectivity index (χ2v) is 8.59. The summed E-state index contributed by atoms with van der Waals surface area (Å²) >= 11 is 1.48. The number of thiophene rings is 1. The van der Waals surface area contributed by atoms with Crippen molar-refractivity contribution >= 4 is 38.9 Å². The van der Waals surface area contributed by atoms with Gasteiger partial charge in [-0.3, -0.25) is 14.9 Å². The number of aromatic nitrogens is 6. The average Bonchev–Trinajstić information content (AvgIpc) is 3.56. The molecular weight excluding hydrogens is 420 g/mol. The topological polar surface area (TPSA) is 100 Å². The Morgan fingerprint density at radius 3 is 2.56 bits per heavy atom. The molecule has 5 aromatic heterocycles. The highest BCUT2D eigenvalue weighted by atomic mass is 32.1. The molecule has 154 valence electrons. The molecule has 0 unspecified atom stereocenters. The SMILES string of the molecule is CC(=O)c1ccc(-c2cncc3[nH]c(-c4n[nH]c5ccc(-c6cncnc6)cc45)cc23)s1. The zero-order chi connectivity index (χ0) is 21.7. The molecule has 1 aromatic carbocycles. The second kappa shape index (κ2) is 7.21. The van der Waals surface area contributed by atoms with Crippen LogP contribution in [0.4, 0.5) is 0 Å². The first-order chi connectivity index (χ1) is 15.7. The number of aromatic amines is 2. The molecular formula is C24H16N6OS. The first-order valence-corrected chi connectivity index (χ1v) is 10.8. The number of carbonyl (C=O) groups excluding carboxylic acids is 1. The molecule has 0 bridgehead atoms. The minimum absolute atomic E-state index is 0.0683. The minimum Gasteiger partial charge on any atom is -0.352 e. The predicted octanol–water partition coefficient (Wildman–Crippen LogP) is 5.49. The Hall–Kier alpha value is -4.17. The molecule has 7 nitrogen and oxygen atoms in total. The van der Waals surface area contributed by atoms with Gasteiger partial charge in [-0.1, -0.05) is 6.07 Å². The molecule has 0 radical (unpaired) electrons. The van der Waals surface area contributed by atoms with Crippen LogP contribution in [0.1, 0.15) is 16.6 Å². The smallest absolute Gasteiger partial charge is 0.169 e. The first kappa shape index (κ1) is 18.6. The lowest BCUT2D eigenvalue weighted by atomic mass is 10.0. The Bertz CT molecular complexity index is 1610. The predicted molar refractivity (Wildman–Crippen MR) is 126 cm³/mol. The molecule has 0 atom stereocenters. The molecule has 0 aliphatic rings. The highest BCUT2D eigenvalue weighted by molar-refractivity contribution is 7.17. The summed E-state index contributed by atoms with van der Waals surface area (Å²) in [5, 5.41) is 9.73. The van der Waals surface area contributed by atoms with E-state index < -0.39 is 0 Å². The van der Waals surface area contributed by atoms with Crippen LogP contribution in [0.3, 0.4) is 0 Å². The van der Waals surface area contributed by atoms with Gasteiger partial charge in [0.05, 0.1) is 27.8 Å². The summed E-state index contributed by atoms with van der Waals surface area (Å²) in [4.78, 5) is 29.6. The Morgan fingerprint density at radius 2 is 1.75 bits per heavy atom. The molecule has 6 aromatic rings. The normalized spacial score (nSPS) is 11.4. The number of hydrogen-bond acceptors (Lipinski definition) is 6. The van der Waals surface area contributed by atoms with E-state index in [0.29, 0.717) is 0 Å². The number of carbonyl (C=O) groups is 1. The van der Waals surface area contributed by atoms with Crippen LogP contribution < -0.4 is 0 Å². The van der Waals surface area contributed by atoms with E-state index in [-0.39, 0.29) is 5.78 Å². The molecule has 0 fully saturated rings. The number of fused-ring (bicyclic) bond motifs is 2. The molecule has 32 heavy (non-hydrogen) atoms. The van der Waals surface area contributed by atoms with E-state index in [0.717, 1.165) is 59.6 Å². The van der Waals surface area contributed by atoms with E-state index in [1.165, 1.54) is 17.7 Å². The fourth-order valence-corrected chi connectivity index (χ4v) is 4.82.